The Bertz CT molecular complexity index is 263. The lowest BCUT2D eigenvalue weighted by Crippen LogP contribution is -2.34. The minimum absolute atomic E-state index is 0.178. The van der Waals surface area contributed by atoms with Crippen LogP contribution in [0.25, 0.3) is 0 Å². The first-order valence-corrected chi connectivity index (χ1v) is 10.1. The minimum Gasteiger partial charge on any atom is -0.408 e. The van der Waals surface area contributed by atoms with Gasteiger partial charge in [0, 0.05) is 6.42 Å². The molecule has 106 valence electrons. The lowest BCUT2D eigenvalue weighted by Gasteiger charge is -2.22. The van der Waals surface area contributed by atoms with E-state index in [0.717, 1.165) is 25.5 Å². The van der Waals surface area contributed by atoms with Crippen molar-refractivity contribution in [3.63, 3.8) is 0 Å². The fourth-order valence-electron chi connectivity index (χ4n) is 1.72. The molecule has 18 heavy (non-hydrogen) atoms. The third-order valence-electron chi connectivity index (χ3n) is 2.62. The largest absolute Gasteiger partial charge is 0.408 e. The standard InChI is InChI=1S/C13H27NO3Si/c1-11(17-18(2,3)4)13(16)9-7-5-6-8-12(14)10-15/h10-12H,5-9,14H2,1-4H3. The van der Waals surface area contributed by atoms with Crippen LogP contribution in [0.4, 0.5) is 0 Å². The van der Waals surface area contributed by atoms with Crippen LogP contribution in [-0.4, -0.2) is 32.5 Å². The highest BCUT2D eigenvalue weighted by atomic mass is 28.4. The van der Waals surface area contributed by atoms with E-state index >= 15 is 0 Å². The number of carbonyl (C=O) groups excluding carboxylic acids is 2. The van der Waals surface area contributed by atoms with Crippen LogP contribution in [0, 0.1) is 0 Å². The number of ketones is 1. The summed E-state index contributed by atoms with van der Waals surface area (Å²) in [6.07, 6.45) is 4.44. The number of hydrogen-bond acceptors (Lipinski definition) is 4. The molecule has 0 spiro atoms. The molecule has 0 saturated carbocycles. The predicted molar refractivity (Wildman–Crippen MR) is 76.0 cm³/mol. The van der Waals surface area contributed by atoms with Crippen LogP contribution in [0.2, 0.25) is 19.6 Å². The Morgan fingerprint density at radius 2 is 1.89 bits per heavy atom. The Morgan fingerprint density at radius 1 is 1.28 bits per heavy atom. The van der Waals surface area contributed by atoms with E-state index in [1.54, 1.807) is 0 Å². The highest BCUT2D eigenvalue weighted by molar-refractivity contribution is 6.69. The topological polar surface area (TPSA) is 69.4 Å². The Hall–Kier alpha value is -0.523. The van der Waals surface area contributed by atoms with E-state index in [9.17, 15) is 9.59 Å². The smallest absolute Gasteiger partial charge is 0.184 e. The van der Waals surface area contributed by atoms with Gasteiger partial charge in [0.25, 0.3) is 0 Å². The second-order valence-corrected chi connectivity index (χ2v) is 10.2. The molecule has 0 aromatic rings. The molecule has 0 aliphatic heterocycles. The summed E-state index contributed by atoms with van der Waals surface area (Å²) in [5.41, 5.74) is 5.48. The molecule has 0 amide bonds. The lowest BCUT2D eigenvalue weighted by molar-refractivity contribution is -0.125. The van der Waals surface area contributed by atoms with Gasteiger partial charge in [0.1, 0.15) is 12.4 Å². The van der Waals surface area contributed by atoms with E-state index in [0.29, 0.717) is 12.8 Å². The maximum atomic E-state index is 11.8. The molecule has 0 radical (unpaired) electrons. The van der Waals surface area contributed by atoms with Gasteiger partial charge in [-0.15, -0.1) is 0 Å². The zero-order valence-electron chi connectivity index (χ0n) is 12.1. The lowest BCUT2D eigenvalue weighted by atomic mass is 10.1. The van der Waals surface area contributed by atoms with E-state index in [2.05, 4.69) is 19.6 Å². The fourth-order valence-corrected chi connectivity index (χ4v) is 2.92. The fraction of sp³-hybridized carbons (Fsp3) is 0.846. The van der Waals surface area contributed by atoms with Gasteiger partial charge < -0.3 is 15.0 Å². The molecule has 0 aliphatic carbocycles. The van der Waals surface area contributed by atoms with Gasteiger partial charge in [-0.1, -0.05) is 12.8 Å². The molecule has 2 unspecified atom stereocenters. The summed E-state index contributed by atoms with van der Waals surface area (Å²) in [6.45, 7) is 8.08. The Labute approximate surface area is 111 Å². The van der Waals surface area contributed by atoms with E-state index in [1.165, 1.54) is 0 Å². The molecular weight excluding hydrogens is 246 g/mol. The SMILES string of the molecule is CC(O[Si](C)(C)C)C(=O)CCCCCC(N)C=O. The van der Waals surface area contributed by atoms with Crippen molar-refractivity contribution in [3.05, 3.63) is 0 Å². The molecule has 2 N–H and O–H groups in total. The molecule has 0 aromatic heterocycles. The van der Waals surface area contributed by atoms with Crippen molar-refractivity contribution in [1.29, 1.82) is 0 Å². The summed E-state index contributed by atoms with van der Waals surface area (Å²) < 4.78 is 5.74. The first kappa shape index (κ1) is 17.5. The van der Waals surface area contributed by atoms with Crippen molar-refractivity contribution in [3.8, 4) is 0 Å². The van der Waals surface area contributed by atoms with Gasteiger partial charge in [0.05, 0.1) is 6.04 Å². The molecule has 0 rings (SSSR count). The summed E-state index contributed by atoms with van der Waals surface area (Å²) >= 11 is 0. The van der Waals surface area contributed by atoms with Crippen LogP contribution in [0.3, 0.4) is 0 Å². The van der Waals surface area contributed by atoms with Gasteiger partial charge in [0.2, 0.25) is 0 Å². The maximum absolute atomic E-state index is 11.8. The van der Waals surface area contributed by atoms with Gasteiger partial charge in [-0.2, -0.15) is 0 Å². The third kappa shape index (κ3) is 9.50. The molecule has 0 fully saturated rings. The quantitative estimate of drug-likeness (QED) is 0.376. The highest BCUT2D eigenvalue weighted by Crippen LogP contribution is 2.11. The molecule has 5 heteroatoms. The zero-order chi connectivity index (χ0) is 14.2. The summed E-state index contributed by atoms with van der Waals surface area (Å²) in [5.74, 6) is 0.178. The summed E-state index contributed by atoms with van der Waals surface area (Å²) in [7, 11) is -1.63. The Balaban J connectivity index is 3.67. The predicted octanol–water partition coefficient (Wildman–Crippen LogP) is 2.27. The Kier molecular flexibility index (Phi) is 8.31. The molecule has 2 atom stereocenters. The second kappa shape index (κ2) is 8.56. The van der Waals surface area contributed by atoms with Gasteiger partial charge in [-0.25, -0.2) is 0 Å². The van der Waals surface area contributed by atoms with Crippen LogP contribution in [0.5, 0.6) is 0 Å². The highest BCUT2D eigenvalue weighted by Gasteiger charge is 2.22. The van der Waals surface area contributed by atoms with E-state index < -0.39 is 8.32 Å². The summed E-state index contributed by atoms with van der Waals surface area (Å²) in [4.78, 5) is 22.1. The van der Waals surface area contributed by atoms with E-state index in [-0.39, 0.29) is 17.9 Å². The number of carbonyl (C=O) groups is 2. The molecule has 0 aliphatic rings. The average Bonchev–Trinajstić information content (AvgIpc) is 2.25. The van der Waals surface area contributed by atoms with Crippen molar-refractivity contribution < 1.29 is 14.0 Å². The van der Waals surface area contributed by atoms with Crippen molar-refractivity contribution >= 4 is 20.4 Å². The average molecular weight is 273 g/mol. The monoisotopic (exact) mass is 273 g/mol. The first-order chi connectivity index (χ1) is 8.26. The number of rotatable bonds is 10. The number of hydrogen-bond donors (Lipinski definition) is 1. The molecule has 0 heterocycles. The van der Waals surface area contributed by atoms with Crippen molar-refractivity contribution in [2.75, 3.05) is 0 Å². The molecule has 0 aromatic carbocycles. The van der Waals surface area contributed by atoms with Crippen molar-refractivity contribution in [1.82, 2.24) is 0 Å². The normalized spacial score (nSPS) is 15.2. The van der Waals surface area contributed by atoms with Crippen LogP contribution in [0.15, 0.2) is 0 Å². The van der Waals surface area contributed by atoms with E-state index in [1.807, 2.05) is 6.92 Å². The number of nitrogens with two attached hydrogens (primary N) is 1. The molecule has 0 bridgehead atoms. The van der Waals surface area contributed by atoms with Crippen molar-refractivity contribution in [2.45, 2.75) is 70.8 Å². The maximum Gasteiger partial charge on any atom is 0.184 e. The summed E-state index contributed by atoms with van der Waals surface area (Å²) in [5, 5.41) is 0. The third-order valence-corrected chi connectivity index (χ3v) is 3.68. The molecule has 4 nitrogen and oxygen atoms in total. The number of aldehydes is 1. The van der Waals surface area contributed by atoms with E-state index in [4.69, 9.17) is 10.2 Å². The number of Topliss-reactive ketones (excluding diaryl/α,β-unsaturated/α-hetero) is 1. The minimum atomic E-state index is -1.63. The van der Waals surface area contributed by atoms with Gasteiger partial charge >= 0.3 is 0 Å². The summed E-state index contributed by atoms with van der Waals surface area (Å²) in [6, 6.07) is -0.352. The second-order valence-electron chi connectivity index (χ2n) is 5.74. The Morgan fingerprint density at radius 3 is 2.39 bits per heavy atom. The first-order valence-electron chi connectivity index (χ1n) is 6.67. The van der Waals surface area contributed by atoms with Crippen LogP contribution in [-0.2, 0) is 14.0 Å². The van der Waals surface area contributed by atoms with Crippen molar-refractivity contribution in [2.24, 2.45) is 5.73 Å². The van der Waals surface area contributed by atoms with Crippen LogP contribution < -0.4 is 5.73 Å². The zero-order valence-corrected chi connectivity index (χ0v) is 13.1. The molecule has 0 saturated heterocycles. The molecular formula is C13H27NO3Si. The van der Waals surface area contributed by atoms with Gasteiger partial charge in [0.15, 0.2) is 14.1 Å². The van der Waals surface area contributed by atoms with Crippen LogP contribution >= 0.6 is 0 Å². The van der Waals surface area contributed by atoms with Gasteiger partial charge in [-0.3, -0.25) is 4.79 Å². The van der Waals surface area contributed by atoms with Crippen LogP contribution in [0.1, 0.15) is 39.0 Å². The number of unbranched alkanes of at least 4 members (excludes halogenated alkanes) is 2. The van der Waals surface area contributed by atoms with Gasteiger partial charge in [-0.05, 0) is 39.4 Å².